The molecule has 0 spiro atoms. The molecule has 1 N–H and O–H groups in total. The van der Waals surface area contributed by atoms with Crippen LogP contribution in [0.25, 0.3) is 0 Å². The van der Waals surface area contributed by atoms with Gasteiger partial charge in [0.2, 0.25) is 10.0 Å². The van der Waals surface area contributed by atoms with Gasteiger partial charge in [0.1, 0.15) is 5.75 Å². The Kier molecular flexibility index (Phi) is 5.57. The first-order valence-corrected chi connectivity index (χ1v) is 8.63. The number of nitrogens with zero attached hydrogens (tertiary/aromatic N) is 1. The number of hydrogen-bond acceptors (Lipinski definition) is 4. The summed E-state index contributed by atoms with van der Waals surface area (Å²) in [7, 11) is -0.861. The molecular weight excluding hydrogens is 373 g/mol. The molecule has 0 saturated carbocycles. The van der Waals surface area contributed by atoms with Gasteiger partial charge in [-0.15, -0.1) is 13.2 Å². The molecule has 0 unspecified atom stereocenters. The Hall–Kier alpha value is -2.59. The molecule has 10 heteroatoms. The first kappa shape index (κ1) is 19.7. The molecule has 2 rings (SSSR count). The Balaban J connectivity index is 2.15. The minimum absolute atomic E-state index is 0.0135. The molecular formula is C16H15F3N2O4S. The smallest absolute Gasteiger partial charge is 0.406 e. The Labute approximate surface area is 148 Å². The number of ether oxygens (including phenoxy) is 1. The van der Waals surface area contributed by atoms with Crippen molar-refractivity contribution in [1.82, 2.24) is 4.31 Å². The van der Waals surface area contributed by atoms with E-state index in [-0.39, 0.29) is 16.1 Å². The van der Waals surface area contributed by atoms with Crippen LogP contribution >= 0.6 is 0 Å². The van der Waals surface area contributed by atoms with E-state index in [1.165, 1.54) is 50.5 Å². The Morgan fingerprint density at radius 3 is 2.23 bits per heavy atom. The molecule has 0 aliphatic heterocycles. The molecule has 0 bridgehead atoms. The van der Waals surface area contributed by atoms with E-state index in [9.17, 15) is 26.4 Å². The summed E-state index contributed by atoms with van der Waals surface area (Å²) in [6, 6.07) is 9.97. The van der Waals surface area contributed by atoms with Crippen molar-refractivity contribution in [3.05, 3.63) is 54.1 Å². The fourth-order valence-corrected chi connectivity index (χ4v) is 2.86. The highest BCUT2D eigenvalue weighted by molar-refractivity contribution is 7.89. The van der Waals surface area contributed by atoms with Gasteiger partial charge in [-0.1, -0.05) is 6.07 Å². The normalized spacial score (nSPS) is 12.1. The van der Waals surface area contributed by atoms with E-state index in [1.807, 2.05) is 0 Å². The zero-order valence-corrected chi connectivity index (χ0v) is 14.6. The molecule has 0 saturated heterocycles. The molecule has 1 amide bonds. The summed E-state index contributed by atoms with van der Waals surface area (Å²) in [5.74, 6) is -1.08. The van der Waals surface area contributed by atoms with Crippen LogP contribution in [-0.2, 0) is 10.0 Å². The van der Waals surface area contributed by atoms with Crippen molar-refractivity contribution in [3.63, 3.8) is 0 Å². The first-order valence-electron chi connectivity index (χ1n) is 7.19. The number of carbonyl (C=O) groups excluding carboxylic acids is 1. The number of rotatable bonds is 5. The lowest BCUT2D eigenvalue weighted by molar-refractivity contribution is -0.274. The van der Waals surface area contributed by atoms with Crippen LogP contribution < -0.4 is 10.1 Å². The molecule has 0 heterocycles. The van der Waals surface area contributed by atoms with Crippen molar-refractivity contribution >= 4 is 21.6 Å². The monoisotopic (exact) mass is 388 g/mol. The molecule has 0 aliphatic rings. The van der Waals surface area contributed by atoms with Crippen LogP contribution in [0.2, 0.25) is 0 Å². The van der Waals surface area contributed by atoms with Crippen molar-refractivity contribution in [3.8, 4) is 5.75 Å². The number of benzene rings is 2. The lowest BCUT2D eigenvalue weighted by atomic mass is 10.2. The highest BCUT2D eigenvalue weighted by Crippen LogP contribution is 2.25. The fourth-order valence-electron chi connectivity index (χ4n) is 1.96. The third-order valence-electron chi connectivity index (χ3n) is 3.22. The van der Waals surface area contributed by atoms with Crippen LogP contribution in [0.4, 0.5) is 18.9 Å². The SMILES string of the molecule is CN(C)S(=O)(=O)c1ccc(C(=O)Nc2cccc(OC(F)(F)F)c2)cc1. The highest BCUT2D eigenvalue weighted by atomic mass is 32.2. The number of hydrogen-bond donors (Lipinski definition) is 1. The summed E-state index contributed by atoms with van der Waals surface area (Å²) >= 11 is 0. The third-order valence-corrected chi connectivity index (χ3v) is 5.05. The fraction of sp³-hybridized carbons (Fsp3) is 0.188. The standard InChI is InChI=1S/C16H15F3N2O4S/c1-21(2)26(23,24)14-8-6-11(7-9-14)15(22)20-12-4-3-5-13(10-12)25-16(17,18)19/h3-10H,1-2H3,(H,20,22). The maximum Gasteiger partial charge on any atom is 0.573 e. The number of amides is 1. The van der Waals surface area contributed by atoms with E-state index in [1.54, 1.807) is 0 Å². The average molecular weight is 388 g/mol. The number of carbonyl (C=O) groups is 1. The van der Waals surface area contributed by atoms with Gasteiger partial charge >= 0.3 is 6.36 Å². The lowest BCUT2D eigenvalue weighted by Crippen LogP contribution is -2.22. The van der Waals surface area contributed by atoms with E-state index in [2.05, 4.69) is 10.1 Å². The predicted molar refractivity (Wildman–Crippen MR) is 88.4 cm³/mol. The Bertz CT molecular complexity index is 894. The minimum atomic E-state index is -4.84. The number of alkyl halides is 3. The zero-order valence-electron chi connectivity index (χ0n) is 13.7. The quantitative estimate of drug-likeness (QED) is 0.854. The summed E-state index contributed by atoms with van der Waals surface area (Å²) < 4.78 is 65.5. The molecule has 2 aromatic rings. The van der Waals surface area contributed by atoms with Crippen molar-refractivity contribution in [2.24, 2.45) is 0 Å². The van der Waals surface area contributed by atoms with Crippen molar-refractivity contribution in [2.45, 2.75) is 11.3 Å². The van der Waals surface area contributed by atoms with Gasteiger partial charge in [0, 0.05) is 31.4 Å². The number of nitrogens with one attached hydrogen (secondary N) is 1. The lowest BCUT2D eigenvalue weighted by Gasteiger charge is -2.12. The molecule has 0 aromatic heterocycles. The van der Waals surface area contributed by atoms with Gasteiger partial charge in [0.25, 0.3) is 5.91 Å². The van der Waals surface area contributed by atoms with Gasteiger partial charge in [-0.3, -0.25) is 4.79 Å². The molecule has 0 radical (unpaired) electrons. The van der Waals surface area contributed by atoms with E-state index >= 15 is 0 Å². The summed E-state index contributed by atoms with van der Waals surface area (Å²) in [5.41, 5.74) is 0.242. The van der Waals surface area contributed by atoms with Gasteiger partial charge in [-0.2, -0.15) is 0 Å². The largest absolute Gasteiger partial charge is 0.573 e. The average Bonchev–Trinajstić information content (AvgIpc) is 2.53. The van der Waals surface area contributed by atoms with Crippen LogP contribution in [0.1, 0.15) is 10.4 Å². The van der Waals surface area contributed by atoms with Gasteiger partial charge in [-0.05, 0) is 36.4 Å². The van der Waals surface area contributed by atoms with E-state index in [4.69, 9.17) is 0 Å². The summed E-state index contributed by atoms with van der Waals surface area (Å²) in [4.78, 5) is 12.2. The molecule has 6 nitrogen and oxygen atoms in total. The second-order valence-electron chi connectivity index (χ2n) is 5.34. The van der Waals surface area contributed by atoms with Crippen molar-refractivity contribution in [2.75, 3.05) is 19.4 Å². The summed E-state index contributed by atoms with van der Waals surface area (Å²) in [6.45, 7) is 0. The summed E-state index contributed by atoms with van der Waals surface area (Å²) in [5, 5.41) is 2.42. The molecule has 140 valence electrons. The maximum atomic E-state index is 12.2. The maximum absolute atomic E-state index is 12.2. The van der Waals surface area contributed by atoms with Crippen molar-refractivity contribution < 1.29 is 31.1 Å². The Morgan fingerprint density at radius 1 is 1.08 bits per heavy atom. The second kappa shape index (κ2) is 7.34. The van der Waals surface area contributed by atoms with E-state index in [0.29, 0.717) is 0 Å². The van der Waals surface area contributed by atoms with E-state index in [0.717, 1.165) is 16.4 Å². The van der Waals surface area contributed by atoms with E-state index < -0.39 is 28.0 Å². The first-order chi connectivity index (χ1) is 12.0. The second-order valence-corrected chi connectivity index (χ2v) is 7.49. The number of sulfonamides is 1. The molecule has 26 heavy (non-hydrogen) atoms. The highest BCUT2D eigenvalue weighted by Gasteiger charge is 2.31. The van der Waals surface area contributed by atoms with Crippen LogP contribution in [0.5, 0.6) is 5.75 Å². The third kappa shape index (κ3) is 4.96. The number of halogens is 3. The molecule has 0 aliphatic carbocycles. The van der Waals surface area contributed by atoms with Gasteiger partial charge in [0.05, 0.1) is 4.90 Å². The van der Waals surface area contributed by atoms with Crippen LogP contribution in [0, 0.1) is 0 Å². The van der Waals surface area contributed by atoms with Gasteiger partial charge < -0.3 is 10.1 Å². The predicted octanol–water partition coefficient (Wildman–Crippen LogP) is 3.09. The Morgan fingerprint density at radius 2 is 1.69 bits per heavy atom. The van der Waals surface area contributed by atoms with Crippen LogP contribution in [-0.4, -0.2) is 39.1 Å². The topological polar surface area (TPSA) is 75.7 Å². The van der Waals surface area contributed by atoms with Gasteiger partial charge in [0.15, 0.2) is 0 Å². The molecule has 2 aromatic carbocycles. The molecule has 0 atom stereocenters. The summed E-state index contributed by atoms with van der Waals surface area (Å²) in [6.07, 6.45) is -4.84. The van der Waals surface area contributed by atoms with Gasteiger partial charge in [-0.25, -0.2) is 12.7 Å². The minimum Gasteiger partial charge on any atom is -0.406 e. The zero-order chi connectivity index (χ0) is 19.5. The van der Waals surface area contributed by atoms with Crippen molar-refractivity contribution in [1.29, 1.82) is 0 Å². The van der Waals surface area contributed by atoms with Crippen LogP contribution in [0.15, 0.2) is 53.4 Å². The number of anilines is 1. The van der Waals surface area contributed by atoms with Crippen LogP contribution in [0.3, 0.4) is 0 Å². The molecule has 0 fully saturated rings.